The number of amides is 1. The molecule has 0 aliphatic rings. The van der Waals surface area contributed by atoms with Gasteiger partial charge in [-0.25, -0.2) is 4.68 Å². The summed E-state index contributed by atoms with van der Waals surface area (Å²) < 4.78 is 7.34. The van der Waals surface area contributed by atoms with Crippen molar-refractivity contribution in [3.63, 3.8) is 0 Å². The minimum atomic E-state index is -0.302. The first kappa shape index (κ1) is 19.0. The van der Waals surface area contributed by atoms with Crippen LogP contribution in [0.2, 0.25) is 5.15 Å². The monoisotopic (exact) mass is 383 g/mol. The van der Waals surface area contributed by atoms with Crippen molar-refractivity contribution >= 4 is 23.2 Å². The van der Waals surface area contributed by atoms with Crippen LogP contribution < -0.4 is 10.1 Å². The van der Waals surface area contributed by atoms with Gasteiger partial charge in [-0.2, -0.15) is 5.10 Å². The zero-order valence-electron chi connectivity index (χ0n) is 15.4. The molecule has 0 aliphatic carbocycles. The van der Waals surface area contributed by atoms with Crippen molar-refractivity contribution in [3.05, 3.63) is 76.6 Å². The SMILES string of the molecule is CCCOc1ccccc1NC(=O)c1c(C)nn(Cc2ccccc2)c1Cl. The molecule has 0 unspecified atom stereocenters. The van der Waals surface area contributed by atoms with E-state index in [1.807, 2.05) is 55.5 Å². The van der Waals surface area contributed by atoms with Crippen molar-refractivity contribution in [3.8, 4) is 5.75 Å². The lowest BCUT2D eigenvalue weighted by atomic mass is 10.2. The zero-order valence-corrected chi connectivity index (χ0v) is 16.2. The molecule has 0 atom stereocenters. The average molecular weight is 384 g/mol. The summed E-state index contributed by atoms with van der Waals surface area (Å²) >= 11 is 6.47. The Morgan fingerprint density at radius 1 is 1.15 bits per heavy atom. The second-order valence-electron chi connectivity index (χ2n) is 6.19. The van der Waals surface area contributed by atoms with Gasteiger partial charge in [0.05, 0.1) is 30.1 Å². The molecule has 1 N–H and O–H groups in total. The van der Waals surface area contributed by atoms with Gasteiger partial charge in [0, 0.05) is 0 Å². The third-order valence-corrected chi connectivity index (χ3v) is 4.45. The van der Waals surface area contributed by atoms with E-state index in [0.717, 1.165) is 12.0 Å². The summed E-state index contributed by atoms with van der Waals surface area (Å²) in [6.45, 7) is 4.90. The summed E-state index contributed by atoms with van der Waals surface area (Å²) in [6, 6.07) is 17.2. The van der Waals surface area contributed by atoms with Gasteiger partial charge in [0.2, 0.25) is 0 Å². The van der Waals surface area contributed by atoms with E-state index in [-0.39, 0.29) is 5.91 Å². The van der Waals surface area contributed by atoms with Crippen LogP contribution in [0.3, 0.4) is 0 Å². The van der Waals surface area contributed by atoms with Gasteiger partial charge in [-0.05, 0) is 31.0 Å². The van der Waals surface area contributed by atoms with Gasteiger partial charge in [-0.15, -0.1) is 0 Å². The van der Waals surface area contributed by atoms with Crippen LogP contribution in [0.1, 0.15) is 35.0 Å². The number of aryl methyl sites for hydroxylation is 1. The van der Waals surface area contributed by atoms with Crippen molar-refractivity contribution in [1.29, 1.82) is 0 Å². The third-order valence-electron chi connectivity index (χ3n) is 4.06. The molecule has 3 rings (SSSR count). The van der Waals surface area contributed by atoms with Gasteiger partial charge in [0.1, 0.15) is 10.9 Å². The number of nitrogens with one attached hydrogen (secondary N) is 1. The van der Waals surface area contributed by atoms with Crippen molar-refractivity contribution in [2.45, 2.75) is 26.8 Å². The Hall–Kier alpha value is -2.79. The first-order valence-electron chi connectivity index (χ1n) is 8.90. The second kappa shape index (κ2) is 8.73. The van der Waals surface area contributed by atoms with Gasteiger partial charge in [0.25, 0.3) is 5.91 Å². The van der Waals surface area contributed by atoms with Gasteiger partial charge in [0.15, 0.2) is 0 Å². The molecule has 1 amide bonds. The Morgan fingerprint density at radius 3 is 2.59 bits per heavy atom. The highest BCUT2D eigenvalue weighted by Crippen LogP contribution is 2.27. The second-order valence-corrected chi connectivity index (χ2v) is 6.55. The maximum atomic E-state index is 12.8. The van der Waals surface area contributed by atoms with Gasteiger partial charge < -0.3 is 10.1 Å². The number of halogens is 1. The number of carbonyl (C=O) groups is 1. The Bertz CT molecular complexity index is 922. The molecule has 0 fully saturated rings. The lowest BCUT2D eigenvalue weighted by molar-refractivity contribution is 0.102. The zero-order chi connectivity index (χ0) is 19.2. The summed E-state index contributed by atoms with van der Waals surface area (Å²) in [5, 5.41) is 7.65. The number of para-hydroxylation sites is 2. The summed E-state index contributed by atoms with van der Waals surface area (Å²) in [5.74, 6) is 0.336. The van der Waals surface area contributed by atoms with Gasteiger partial charge >= 0.3 is 0 Å². The molecule has 0 aliphatic heterocycles. The molecular weight excluding hydrogens is 362 g/mol. The molecular formula is C21H22ClN3O2. The lowest BCUT2D eigenvalue weighted by Gasteiger charge is -2.12. The number of aromatic nitrogens is 2. The first-order chi connectivity index (χ1) is 13.1. The van der Waals surface area contributed by atoms with Crippen LogP contribution in [0.25, 0.3) is 0 Å². The fourth-order valence-electron chi connectivity index (χ4n) is 2.77. The number of carbonyl (C=O) groups excluding carboxylic acids is 1. The predicted octanol–water partition coefficient (Wildman–Crippen LogP) is 4.93. The summed E-state index contributed by atoms with van der Waals surface area (Å²) in [5.41, 5.74) is 2.63. The van der Waals surface area contributed by atoms with Crippen LogP contribution in [0, 0.1) is 6.92 Å². The molecule has 3 aromatic rings. The molecule has 1 heterocycles. The Labute approximate surface area is 163 Å². The van der Waals surface area contributed by atoms with Crippen LogP contribution >= 0.6 is 11.6 Å². The van der Waals surface area contributed by atoms with E-state index >= 15 is 0 Å². The fraction of sp³-hybridized carbons (Fsp3) is 0.238. The molecule has 1 aromatic heterocycles. The van der Waals surface area contributed by atoms with E-state index in [2.05, 4.69) is 10.4 Å². The standard InChI is InChI=1S/C21H22ClN3O2/c1-3-13-27-18-12-8-7-11-17(18)23-21(26)19-15(2)24-25(20(19)22)14-16-9-5-4-6-10-16/h4-12H,3,13-14H2,1-2H3,(H,23,26). The molecule has 0 bridgehead atoms. The van der Waals surface area contributed by atoms with Crippen LogP contribution in [0.4, 0.5) is 5.69 Å². The molecule has 140 valence electrons. The predicted molar refractivity (Wildman–Crippen MR) is 108 cm³/mol. The van der Waals surface area contributed by atoms with Crippen molar-refractivity contribution < 1.29 is 9.53 Å². The number of nitrogens with zero attached hydrogens (tertiary/aromatic N) is 2. The average Bonchev–Trinajstić information content (AvgIpc) is 2.95. The van der Waals surface area contributed by atoms with E-state index < -0.39 is 0 Å². The van der Waals surface area contributed by atoms with Gasteiger partial charge in [-0.1, -0.05) is 61.0 Å². The van der Waals surface area contributed by atoms with E-state index in [4.69, 9.17) is 16.3 Å². The third kappa shape index (κ3) is 4.49. The highest BCUT2D eigenvalue weighted by Gasteiger charge is 2.21. The van der Waals surface area contributed by atoms with Gasteiger partial charge in [-0.3, -0.25) is 4.79 Å². The molecule has 6 heteroatoms. The number of hydrogen-bond acceptors (Lipinski definition) is 3. The quantitative estimate of drug-likeness (QED) is 0.629. The lowest BCUT2D eigenvalue weighted by Crippen LogP contribution is -2.14. The van der Waals surface area contributed by atoms with Crippen molar-refractivity contribution in [2.75, 3.05) is 11.9 Å². The highest BCUT2D eigenvalue weighted by molar-refractivity contribution is 6.33. The molecule has 2 aromatic carbocycles. The topological polar surface area (TPSA) is 56.1 Å². The highest BCUT2D eigenvalue weighted by atomic mass is 35.5. The van der Waals surface area contributed by atoms with E-state index in [0.29, 0.717) is 41.0 Å². The van der Waals surface area contributed by atoms with Crippen molar-refractivity contribution in [1.82, 2.24) is 9.78 Å². The molecule has 0 saturated heterocycles. The molecule has 0 radical (unpaired) electrons. The maximum Gasteiger partial charge on any atom is 0.260 e. The number of rotatable bonds is 7. The number of hydrogen-bond donors (Lipinski definition) is 1. The van der Waals surface area contributed by atoms with Crippen LogP contribution in [0.15, 0.2) is 54.6 Å². The molecule has 27 heavy (non-hydrogen) atoms. The minimum absolute atomic E-state index is 0.302. The van der Waals surface area contributed by atoms with Crippen LogP contribution in [-0.4, -0.2) is 22.3 Å². The normalized spacial score (nSPS) is 10.6. The summed E-state index contributed by atoms with van der Waals surface area (Å²) in [7, 11) is 0. The Balaban J connectivity index is 1.82. The van der Waals surface area contributed by atoms with E-state index in [9.17, 15) is 4.79 Å². The first-order valence-corrected chi connectivity index (χ1v) is 9.28. The summed E-state index contributed by atoms with van der Waals surface area (Å²) in [4.78, 5) is 12.8. The van der Waals surface area contributed by atoms with Crippen LogP contribution in [-0.2, 0) is 6.54 Å². The Kier molecular flexibility index (Phi) is 6.14. The van der Waals surface area contributed by atoms with Crippen molar-refractivity contribution in [2.24, 2.45) is 0 Å². The largest absolute Gasteiger partial charge is 0.491 e. The smallest absolute Gasteiger partial charge is 0.260 e. The number of benzene rings is 2. The summed E-state index contributed by atoms with van der Waals surface area (Å²) in [6.07, 6.45) is 0.888. The fourth-order valence-corrected chi connectivity index (χ4v) is 3.09. The minimum Gasteiger partial charge on any atom is -0.491 e. The van der Waals surface area contributed by atoms with E-state index in [1.54, 1.807) is 17.7 Å². The molecule has 0 spiro atoms. The Morgan fingerprint density at radius 2 is 1.85 bits per heavy atom. The number of ether oxygens (including phenoxy) is 1. The van der Waals surface area contributed by atoms with E-state index in [1.165, 1.54) is 0 Å². The maximum absolute atomic E-state index is 12.8. The number of anilines is 1. The van der Waals surface area contributed by atoms with Crippen LogP contribution in [0.5, 0.6) is 5.75 Å². The molecule has 5 nitrogen and oxygen atoms in total. The molecule has 0 saturated carbocycles.